The number of aromatic nitrogens is 2. The lowest BCUT2D eigenvalue weighted by molar-refractivity contribution is -0.933. The van der Waals surface area contributed by atoms with Crippen LogP contribution < -0.4 is 48.1 Å². The number of nitrogen functional groups attached to an aromatic ring is 2. The molecule has 1 aromatic heterocycles. The van der Waals surface area contributed by atoms with Gasteiger partial charge >= 0.3 is 0 Å². The number of ether oxygens (including phenoxy) is 4. The number of piperidine rings is 1. The summed E-state index contributed by atoms with van der Waals surface area (Å²) in [7, 11) is 3.26. The molecule has 5 N–H and O–H groups in total. The first-order valence-electron chi connectivity index (χ1n) is 13.1. The molecule has 0 saturated carbocycles. The van der Waals surface area contributed by atoms with Gasteiger partial charge in [-0.05, 0) is 61.4 Å². The van der Waals surface area contributed by atoms with Gasteiger partial charge < -0.3 is 52.6 Å². The maximum atomic E-state index is 13.0. The predicted molar refractivity (Wildman–Crippen MR) is 153 cm³/mol. The molecule has 0 aliphatic carbocycles. The van der Waals surface area contributed by atoms with E-state index in [4.69, 9.17) is 42.0 Å². The zero-order valence-electron chi connectivity index (χ0n) is 23.1. The molecule has 0 spiro atoms. The van der Waals surface area contributed by atoms with Gasteiger partial charge in [0.15, 0.2) is 22.5 Å². The number of anilines is 2. The second-order valence-electron chi connectivity index (χ2n) is 9.69. The van der Waals surface area contributed by atoms with Gasteiger partial charge in [-0.2, -0.15) is 0 Å². The molecule has 0 radical (unpaired) electrons. The minimum Gasteiger partial charge on any atom is -1.00 e. The topological polar surface area (TPSA) is 144 Å². The van der Waals surface area contributed by atoms with Gasteiger partial charge in [0.25, 0.3) is 5.91 Å². The molecule has 222 valence electrons. The standard InChI is InChI=1S/C28H35ClN6O5.ClH/c1-37-20-5-9-22(10-6-20)39-16-14-35(15-17-40-23-11-7-21(38-2)8-12-23)13-3-4-19(18-35)32-28(36)24-26(30)34-27(31)25(29)33-24;/h5-12,19H,3-4,13-18H2,1-2H3,(H4-,30,31,32,34,36);1H/t19-;/m0./s1. The molecule has 11 nitrogen and oxygen atoms in total. The Bertz CT molecular complexity index is 1230. The van der Waals surface area contributed by atoms with E-state index in [2.05, 4.69) is 15.3 Å². The average Bonchev–Trinajstić information content (AvgIpc) is 2.96. The van der Waals surface area contributed by atoms with Crippen LogP contribution in [0.2, 0.25) is 5.15 Å². The summed E-state index contributed by atoms with van der Waals surface area (Å²) in [5, 5.41) is 3.02. The molecule has 0 bridgehead atoms. The fraction of sp³-hybridized carbons (Fsp3) is 0.393. The highest BCUT2D eigenvalue weighted by molar-refractivity contribution is 6.31. The highest BCUT2D eigenvalue weighted by atomic mass is 35.5. The van der Waals surface area contributed by atoms with Crippen LogP contribution in [0.25, 0.3) is 0 Å². The molecule has 0 unspecified atom stereocenters. The lowest BCUT2D eigenvalue weighted by Crippen LogP contribution is -3.00. The first kappa shape index (κ1) is 31.9. The number of likely N-dealkylation sites (tertiary alicyclic amines) is 1. The molecule has 1 aliphatic heterocycles. The summed E-state index contributed by atoms with van der Waals surface area (Å²) in [4.78, 5) is 21.0. The quantitative estimate of drug-likeness (QED) is 0.246. The predicted octanol–water partition coefficient (Wildman–Crippen LogP) is 0.183. The molecule has 41 heavy (non-hydrogen) atoms. The van der Waals surface area contributed by atoms with Crippen molar-refractivity contribution in [1.82, 2.24) is 15.3 Å². The first-order chi connectivity index (χ1) is 19.3. The summed E-state index contributed by atoms with van der Waals surface area (Å²) < 4.78 is 23.3. The molecule has 2 heterocycles. The highest BCUT2D eigenvalue weighted by Crippen LogP contribution is 2.24. The smallest absolute Gasteiger partial charge is 0.274 e. The third-order valence-corrected chi connectivity index (χ3v) is 7.31. The molecule has 13 heteroatoms. The zero-order chi connectivity index (χ0) is 28.5. The normalized spacial score (nSPS) is 15.7. The van der Waals surface area contributed by atoms with E-state index in [9.17, 15) is 4.79 Å². The minimum absolute atomic E-state index is 0. The van der Waals surface area contributed by atoms with E-state index >= 15 is 0 Å². The van der Waals surface area contributed by atoms with Crippen LogP contribution in [0.4, 0.5) is 11.6 Å². The van der Waals surface area contributed by atoms with E-state index in [1.54, 1.807) is 14.2 Å². The number of halogens is 2. The van der Waals surface area contributed by atoms with Crippen molar-refractivity contribution in [3.63, 3.8) is 0 Å². The van der Waals surface area contributed by atoms with Crippen LogP contribution >= 0.6 is 11.6 Å². The van der Waals surface area contributed by atoms with Crippen molar-refractivity contribution in [3.8, 4) is 23.0 Å². The monoisotopic (exact) mass is 606 g/mol. The van der Waals surface area contributed by atoms with E-state index in [0.717, 1.165) is 55.5 Å². The van der Waals surface area contributed by atoms with E-state index in [1.807, 2.05) is 48.5 Å². The number of amides is 1. The third kappa shape index (κ3) is 8.66. The molecule has 1 aliphatic rings. The molecular formula is C28H36Cl2N6O5. The number of carbonyl (C=O) groups is 1. The van der Waals surface area contributed by atoms with Crippen molar-refractivity contribution >= 4 is 29.1 Å². The maximum absolute atomic E-state index is 13.0. The number of carbonyl (C=O) groups excluding carboxylic acids is 1. The SMILES string of the molecule is COc1ccc(OCC[N+]2(CCOc3ccc(OC)cc3)CCC[C@H](NC(=O)c3nc(Cl)c(N)nc3N)C2)cc1.[Cl-]. The fourth-order valence-corrected chi connectivity index (χ4v) is 5.01. The van der Waals surface area contributed by atoms with Crippen molar-refractivity contribution < 1.29 is 40.6 Å². The van der Waals surface area contributed by atoms with Crippen LogP contribution in [0.3, 0.4) is 0 Å². The number of nitrogens with one attached hydrogen (secondary N) is 1. The molecule has 1 atom stereocenters. The summed E-state index contributed by atoms with van der Waals surface area (Å²) in [5.74, 6) is 2.58. The Morgan fingerprint density at radius 2 is 1.41 bits per heavy atom. The number of methoxy groups -OCH3 is 2. The summed E-state index contributed by atoms with van der Waals surface area (Å²) in [6, 6.07) is 14.9. The molecule has 3 aromatic rings. The van der Waals surface area contributed by atoms with Crippen molar-refractivity contribution in [2.75, 3.05) is 65.1 Å². The van der Waals surface area contributed by atoms with Crippen LogP contribution in [-0.4, -0.2) is 80.0 Å². The second kappa shape index (κ2) is 14.8. The van der Waals surface area contributed by atoms with Gasteiger partial charge in [0.1, 0.15) is 49.3 Å². The number of nitrogens with two attached hydrogens (primary N) is 2. The van der Waals surface area contributed by atoms with Crippen molar-refractivity contribution in [1.29, 1.82) is 0 Å². The van der Waals surface area contributed by atoms with Gasteiger partial charge in [0.2, 0.25) is 0 Å². The maximum Gasteiger partial charge on any atom is 0.274 e. The zero-order valence-corrected chi connectivity index (χ0v) is 24.7. The van der Waals surface area contributed by atoms with Gasteiger partial charge in [-0.25, -0.2) is 9.97 Å². The van der Waals surface area contributed by atoms with Gasteiger partial charge in [0.05, 0.1) is 33.4 Å². The second-order valence-corrected chi connectivity index (χ2v) is 10.0. The number of rotatable bonds is 12. The lowest BCUT2D eigenvalue weighted by atomic mass is 10.0. The largest absolute Gasteiger partial charge is 1.00 e. The number of nitrogens with zero attached hydrogens (tertiary/aromatic N) is 3. The summed E-state index contributed by atoms with van der Waals surface area (Å²) in [5.41, 5.74) is 11.5. The Labute approximate surface area is 251 Å². The number of quaternary nitrogens is 1. The van der Waals surface area contributed by atoms with Crippen molar-refractivity contribution in [2.45, 2.75) is 18.9 Å². The van der Waals surface area contributed by atoms with Gasteiger partial charge in [-0.1, -0.05) is 11.6 Å². The fourth-order valence-electron chi connectivity index (χ4n) is 4.88. The van der Waals surface area contributed by atoms with Gasteiger partial charge in [-0.3, -0.25) is 4.79 Å². The molecule has 1 amide bonds. The van der Waals surface area contributed by atoms with E-state index < -0.39 is 5.91 Å². The van der Waals surface area contributed by atoms with E-state index in [1.165, 1.54) is 0 Å². The van der Waals surface area contributed by atoms with E-state index in [0.29, 0.717) is 24.2 Å². The third-order valence-electron chi connectivity index (χ3n) is 7.04. The van der Waals surface area contributed by atoms with Crippen LogP contribution in [0.15, 0.2) is 48.5 Å². The Kier molecular flexibility index (Phi) is 11.5. The Hall–Kier alpha value is -3.67. The number of hydrogen-bond donors (Lipinski definition) is 3. The molecule has 1 saturated heterocycles. The van der Waals surface area contributed by atoms with E-state index in [-0.39, 0.29) is 40.9 Å². The Morgan fingerprint density at radius 3 is 1.93 bits per heavy atom. The van der Waals surface area contributed by atoms with Crippen LogP contribution in [-0.2, 0) is 0 Å². The molecule has 1 fully saturated rings. The number of hydrogen-bond acceptors (Lipinski definition) is 9. The molecule has 4 rings (SSSR count). The van der Waals surface area contributed by atoms with Gasteiger partial charge in [-0.15, -0.1) is 0 Å². The Morgan fingerprint density at radius 1 is 0.902 bits per heavy atom. The van der Waals surface area contributed by atoms with Gasteiger partial charge in [0, 0.05) is 0 Å². The summed E-state index contributed by atoms with van der Waals surface area (Å²) >= 11 is 5.99. The minimum atomic E-state index is -0.430. The number of benzene rings is 2. The van der Waals surface area contributed by atoms with Crippen molar-refractivity contribution in [3.05, 3.63) is 59.4 Å². The van der Waals surface area contributed by atoms with Crippen LogP contribution in [0.5, 0.6) is 23.0 Å². The first-order valence-corrected chi connectivity index (χ1v) is 13.5. The Balaban J connectivity index is 0.00000462. The lowest BCUT2D eigenvalue weighted by Gasteiger charge is -2.44. The average molecular weight is 608 g/mol. The summed E-state index contributed by atoms with van der Waals surface area (Å²) in [6.07, 6.45) is 1.74. The summed E-state index contributed by atoms with van der Waals surface area (Å²) in [6.45, 7) is 4.10. The van der Waals surface area contributed by atoms with Crippen molar-refractivity contribution in [2.24, 2.45) is 0 Å². The van der Waals surface area contributed by atoms with Crippen LogP contribution in [0, 0.1) is 0 Å². The highest BCUT2D eigenvalue weighted by Gasteiger charge is 2.36. The molecule has 2 aromatic carbocycles. The van der Waals surface area contributed by atoms with Crippen LogP contribution in [0.1, 0.15) is 23.3 Å². The molecular weight excluding hydrogens is 571 g/mol.